The molecule has 4 rings (SSSR count). The molecule has 1 aliphatic rings. The van der Waals surface area contributed by atoms with Crippen molar-refractivity contribution >= 4 is 27.3 Å². The van der Waals surface area contributed by atoms with Crippen LogP contribution in [-0.2, 0) is 22.9 Å². The third kappa shape index (κ3) is 4.30. The van der Waals surface area contributed by atoms with Crippen LogP contribution >= 0.6 is 0 Å². The number of carbonyl (C=O) groups excluding carboxylic acids is 1. The van der Waals surface area contributed by atoms with Gasteiger partial charge in [-0.3, -0.25) is 14.1 Å². The molecule has 1 aliphatic heterocycles. The minimum Gasteiger partial charge on any atom is -0.322 e. The lowest BCUT2D eigenvalue weighted by atomic mass is 10.1. The van der Waals surface area contributed by atoms with Gasteiger partial charge in [-0.2, -0.15) is 0 Å². The van der Waals surface area contributed by atoms with E-state index < -0.39 is 10.0 Å². The normalized spacial score (nSPS) is 13.2. The molecule has 148 valence electrons. The van der Waals surface area contributed by atoms with Crippen molar-refractivity contribution in [2.45, 2.75) is 12.8 Å². The summed E-state index contributed by atoms with van der Waals surface area (Å²) in [7, 11) is -3.30. The first-order valence-electron chi connectivity index (χ1n) is 9.30. The zero-order chi connectivity index (χ0) is 20.4. The van der Waals surface area contributed by atoms with E-state index in [1.165, 1.54) is 16.1 Å². The Kier molecular flexibility index (Phi) is 5.07. The summed E-state index contributed by atoms with van der Waals surface area (Å²) < 4.78 is 25.1. The zero-order valence-corrected chi connectivity index (χ0v) is 16.8. The van der Waals surface area contributed by atoms with Crippen molar-refractivity contribution < 1.29 is 13.2 Å². The highest BCUT2D eigenvalue weighted by Gasteiger charge is 2.26. The maximum absolute atomic E-state index is 12.6. The molecule has 3 aromatic rings. The number of fused-ring (bicyclic) bond motifs is 1. The van der Waals surface area contributed by atoms with Crippen molar-refractivity contribution in [1.29, 1.82) is 0 Å². The van der Waals surface area contributed by atoms with Crippen LogP contribution in [0.15, 0.2) is 67.0 Å². The summed E-state index contributed by atoms with van der Waals surface area (Å²) in [5, 5.41) is 2.90. The molecular weight excluding hydrogens is 386 g/mol. The van der Waals surface area contributed by atoms with Gasteiger partial charge in [0.1, 0.15) is 0 Å². The van der Waals surface area contributed by atoms with E-state index in [4.69, 9.17) is 0 Å². The molecule has 0 saturated carbocycles. The average Bonchev–Trinajstić information content (AvgIpc) is 3.14. The molecule has 0 spiro atoms. The van der Waals surface area contributed by atoms with E-state index in [1.807, 2.05) is 36.4 Å². The minimum absolute atomic E-state index is 0.215. The fourth-order valence-electron chi connectivity index (χ4n) is 3.50. The number of sulfonamides is 1. The van der Waals surface area contributed by atoms with E-state index in [1.54, 1.807) is 30.6 Å². The molecule has 2 heterocycles. The molecule has 0 unspecified atom stereocenters. The predicted octanol–water partition coefficient (Wildman–Crippen LogP) is 3.25. The Morgan fingerprint density at radius 2 is 1.72 bits per heavy atom. The van der Waals surface area contributed by atoms with E-state index in [-0.39, 0.29) is 5.91 Å². The average molecular weight is 407 g/mol. The van der Waals surface area contributed by atoms with Crippen molar-refractivity contribution in [3.63, 3.8) is 0 Å². The minimum atomic E-state index is -3.30. The first-order chi connectivity index (χ1) is 13.9. The van der Waals surface area contributed by atoms with Crippen LogP contribution in [0.4, 0.5) is 11.4 Å². The molecule has 2 aromatic carbocycles. The van der Waals surface area contributed by atoms with Crippen LogP contribution in [0.25, 0.3) is 0 Å². The summed E-state index contributed by atoms with van der Waals surface area (Å²) in [5.41, 5.74) is 5.08. The number of aromatic nitrogens is 1. The molecule has 0 fully saturated rings. The number of nitrogens with one attached hydrogen (secondary N) is 1. The summed E-state index contributed by atoms with van der Waals surface area (Å²) in [4.78, 5) is 16.6. The Hall–Kier alpha value is -3.19. The number of anilines is 2. The summed E-state index contributed by atoms with van der Waals surface area (Å²) in [6.45, 7) is 0.415. The monoisotopic (exact) mass is 407 g/mol. The molecule has 1 N–H and O–H groups in total. The van der Waals surface area contributed by atoms with E-state index in [0.29, 0.717) is 29.9 Å². The number of hydrogen-bond acceptors (Lipinski definition) is 4. The van der Waals surface area contributed by atoms with Crippen LogP contribution in [0, 0.1) is 0 Å². The fraction of sp³-hybridized carbons (Fsp3) is 0.182. The number of hydrogen-bond donors (Lipinski definition) is 1. The summed E-state index contributed by atoms with van der Waals surface area (Å²) >= 11 is 0. The van der Waals surface area contributed by atoms with E-state index in [9.17, 15) is 13.2 Å². The Morgan fingerprint density at radius 3 is 2.41 bits per heavy atom. The van der Waals surface area contributed by atoms with E-state index in [2.05, 4.69) is 10.3 Å². The lowest BCUT2D eigenvalue weighted by Crippen LogP contribution is -2.27. The maximum atomic E-state index is 12.6. The quantitative estimate of drug-likeness (QED) is 0.704. The predicted molar refractivity (Wildman–Crippen MR) is 114 cm³/mol. The fourth-order valence-corrected chi connectivity index (χ4v) is 4.46. The van der Waals surface area contributed by atoms with Crippen molar-refractivity contribution in [2.24, 2.45) is 0 Å². The van der Waals surface area contributed by atoms with Gasteiger partial charge >= 0.3 is 0 Å². The van der Waals surface area contributed by atoms with Gasteiger partial charge in [-0.1, -0.05) is 12.1 Å². The van der Waals surface area contributed by atoms with Crippen molar-refractivity contribution in [2.75, 3.05) is 22.4 Å². The third-order valence-corrected chi connectivity index (χ3v) is 6.14. The molecule has 29 heavy (non-hydrogen) atoms. The number of rotatable bonds is 5. The molecule has 1 amide bonds. The van der Waals surface area contributed by atoms with Gasteiger partial charge < -0.3 is 5.32 Å². The molecule has 0 atom stereocenters. The Morgan fingerprint density at radius 1 is 1.03 bits per heavy atom. The van der Waals surface area contributed by atoms with Crippen LogP contribution in [0.1, 0.15) is 27.0 Å². The summed E-state index contributed by atoms with van der Waals surface area (Å²) in [6, 6.07) is 16.8. The number of carbonyl (C=O) groups is 1. The van der Waals surface area contributed by atoms with Crippen molar-refractivity contribution in [3.8, 4) is 0 Å². The highest BCUT2D eigenvalue weighted by atomic mass is 32.2. The molecule has 1 aromatic heterocycles. The smallest absolute Gasteiger partial charge is 0.255 e. The largest absolute Gasteiger partial charge is 0.322 e. The lowest BCUT2D eigenvalue weighted by Gasteiger charge is -2.16. The highest BCUT2D eigenvalue weighted by Crippen LogP contribution is 2.31. The number of amides is 1. The zero-order valence-electron chi connectivity index (χ0n) is 16.0. The van der Waals surface area contributed by atoms with Gasteiger partial charge in [0.2, 0.25) is 10.0 Å². The van der Waals surface area contributed by atoms with Crippen LogP contribution < -0.4 is 9.62 Å². The maximum Gasteiger partial charge on any atom is 0.255 e. The van der Waals surface area contributed by atoms with E-state index >= 15 is 0 Å². The van der Waals surface area contributed by atoms with Crippen LogP contribution in [0.3, 0.4) is 0 Å². The lowest BCUT2D eigenvalue weighted by molar-refractivity contribution is 0.102. The second kappa shape index (κ2) is 7.67. The Labute approximate surface area is 170 Å². The van der Waals surface area contributed by atoms with Gasteiger partial charge in [0.25, 0.3) is 5.91 Å². The SMILES string of the molecule is CS(=O)(=O)N1CCc2cc(C(=O)Nc3ccc(Cc4ccncc4)cc3)ccc21. The number of benzene rings is 2. The topological polar surface area (TPSA) is 79.4 Å². The standard InChI is InChI=1S/C22H21N3O3S/c1-29(27,28)25-13-10-18-15-19(4-7-21(18)25)22(26)24-20-5-2-16(3-6-20)14-17-8-11-23-12-9-17/h2-9,11-12,15H,10,13-14H2,1H3,(H,24,26). The number of pyridine rings is 1. The first-order valence-corrected chi connectivity index (χ1v) is 11.1. The van der Waals surface area contributed by atoms with Gasteiger partial charge in [0.15, 0.2) is 0 Å². The summed E-state index contributed by atoms with van der Waals surface area (Å²) in [6.07, 6.45) is 6.15. The molecule has 7 heteroatoms. The molecule has 0 aliphatic carbocycles. The van der Waals surface area contributed by atoms with Gasteiger partial charge in [0, 0.05) is 30.2 Å². The molecule has 6 nitrogen and oxygen atoms in total. The first kappa shape index (κ1) is 19.1. The van der Waals surface area contributed by atoms with E-state index in [0.717, 1.165) is 17.5 Å². The highest BCUT2D eigenvalue weighted by molar-refractivity contribution is 7.92. The third-order valence-electron chi connectivity index (χ3n) is 4.96. The van der Waals surface area contributed by atoms with Gasteiger partial charge in [-0.15, -0.1) is 0 Å². The van der Waals surface area contributed by atoms with Crippen LogP contribution in [0.5, 0.6) is 0 Å². The van der Waals surface area contributed by atoms with Gasteiger partial charge in [-0.05, 0) is 72.0 Å². The summed E-state index contributed by atoms with van der Waals surface area (Å²) in [5.74, 6) is -0.215. The van der Waals surface area contributed by atoms with Gasteiger partial charge in [0.05, 0.1) is 11.9 Å². The van der Waals surface area contributed by atoms with Crippen LogP contribution in [-0.4, -0.2) is 32.1 Å². The number of nitrogens with zero attached hydrogens (tertiary/aromatic N) is 2. The van der Waals surface area contributed by atoms with Crippen molar-refractivity contribution in [1.82, 2.24) is 4.98 Å². The molecule has 0 radical (unpaired) electrons. The second-order valence-electron chi connectivity index (χ2n) is 7.11. The van der Waals surface area contributed by atoms with Crippen molar-refractivity contribution in [3.05, 3.63) is 89.2 Å². The molecular formula is C22H21N3O3S. The molecule has 0 saturated heterocycles. The van der Waals surface area contributed by atoms with Crippen LogP contribution in [0.2, 0.25) is 0 Å². The second-order valence-corrected chi connectivity index (χ2v) is 9.02. The Balaban J connectivity index is 1.45. The Bertz CT molecular complexity index is 1140. The van der Waals surface area contributed by atoms with Gasteiger partial charge in [-0.25, -0.2) is 8.42 Å². The molecule has 0 bridgehead atoms.